The van der Waals surface area contributed by atoms with Crippen molar-refractivity contribution >= 4 is 17.5 Å². The van der Waals surface area contributed by atoms with Crippen LogP contribution in [0.2, 0.25) is 5.02 Å². The van der Waals surface area contributed by atoms with Crippen LogP contribution in [0.25, 0.3) is 0 Å². The van der Waals surface area contributed by atoms with E-state index in [9.17, 15) is 4.79 Å². The molecule has 17 heavy (non-hydrogen) atoms. The van der Waals surface area contributed by atoms with E-state index in [1.165, 1.54) is 0 Å². The molecule has 0 spiro atoms. The lowest BCUT2D eigenvalue weighted by atomic mass is 10.3. The number of primary amides is 1. The minimum atomic E-state index is -0.265. The summed E-state index contributed by atoms with van der Waals surface area (Å²) in [6, 6.07) is 0. The lowest BCUT2D eigenvalue weighted by molar-refractivity contribution is -0.118. The van der Waals surface area contributed by atoms with Crippen molar-refractivity contribution in [3.8, 4) is 0 Å². The zero-order chi connectivity index (χ0) is 12.8. The highest BCUT2D eigenvalue weighted by atomic mass is 35.5. The number of halogens is 1. The second-order valence-electron chi connectivity index (χ2n) is 3.91. The number of amides is 1. The molecule has 6 heteroatoms. The summed E-state index contributed by atoms with van der Waals surface area (Å²) in [6.45, 7) is 6.12. The van der Waals surface area contributed by atoms with Crippen molar-refractivity contribution in [3.05, 3.63) is 16.4 Å². The molecule has 0 saturated heterocycles. The maximum Gasteiger partial charge on any atom is 0.217 e. The van der Waals surface area contributed by atoms with Gasteiger partial charge in [-0.1, -0.05) is 11.6 Å². The molecule has 0 unspecified atom stereocenters. The Kier molecular flexibility index (Phi) is 5.44. The summed E-state index contributed by atoms with van der Waals surface area (Å²) in [7, 11) is 0. The van der Waals surface area contributed by atoms with E-state index >= 15 is 0 Å². The summed E-state index contributed by atoms with van der Waals surface area (Å²) in [6.07, 6.45) is 1.15. The molecule has 0 fully saturated rings. The quantitative estimate of drug-likeness (QED) is 0.723. The summed E-state index contributed by atoms with van der Waals surface area (Å²) in [5, 5.41) is 8.28. The summed E-state index contributed by atoms with van der Waals surface area (Å²) < 4.78 is 1.89. The van der Waals surface area contributed by atoms with E-state index in [4.69, 9.17) is 17.3 Å². The molecule has 1 rings (SSSR count). The Morgan fingerprint density at radius 2 is 2.29 bits per heavy atom. The van der Waals surface area contributed by atoms with Gasteiger partial charge < -0.3 is 11.1 Å². The normalized spacial score (nSPS) is 10.8. The van der Waals surface area contributed by atoms with E-state index < -0.39 is 0 Å². The van der Waals surface area contributed by atoms with E-state index in [0.29, 0.717) is 18.0 Å². The van der Waals surface area contributed by atoms with Gasteiger partial charge in [0, 0.05) is 19.5 Å². The number of aryl methyl sites for hydroxylation is 2. The molecule has 0 aliphatic carbocycles. The maximum atomic E-state index is 10.5. The summed E-state index contributed by atoms with van der Waals surface area (Å²) in [4.78, 5) is 10.5. The van der Waals surface area contributed by atoms with Gasteiger partial charge in [0.05, 0.1) is 16.4 Å². The predicted octanol–water partition coefficient (Wildman–Crippen LogP) is 1.22. The third-order valence-electron chi connectivity index (χ3n) is 2.52. The van der Waals surface area contributed by atoms with Gasteiger partial charge in [-0.3, -0.25) is 9.48 Å². The van der Waals surface area contributed by atoms with Crippen LogP contribution in [-0.2, 0) is 17.9 Å². The molecule has 0 aromatic carbocycles. The molecule has 0 radical (unpaired) electrons. The number of carbonyl (C=O) groups excluding carboxylic acids is 1. The molecule has 0 atom stereocenters. The monoisotopic (exact) mass is 258 g/mol. The number of nitrogens with zero attached hydrogens (tertiary/aromatic N) is 2. The molecule has 0 saturated carbocycles. The van der Waals surface area contributed by atoms with Crippen molar-refractivity contribution in [3.63, 3.8) is 0 Å². The van der Waals surface area contributed by atoms with Crippen molar-refractivity contribution in [1.82, 2.24) is 15.1 Å². The average Bonchev–Trinajstić information content (AvgIpc) is 2.55. The minimum absolute atomic E-state index is 0.265. The molecular weight excluding hydrogens is 240 g/mol. The zero-order valence-electron chi connectivity index (χ0n) is 10.3. The Morgan fingerprint density at radius 1 is 1.59 bits per heavy atom. The Hall–Kier alpha value is -1.07. The van der Waals surface area contributed by atoms with Crippen molar-refractivity contribution < 1.29 is 4.79 Å². The van der Waals surface area contributed by atoms with Crippen LogP contribution >= 0.6 is 11.6 Å². The molecule has 0 aliphatic heterocycles. The van der Waals surface area contributed by atoms with Gasteiger partial charge in [-0.05, 0) is 26.8 Å². The second kappa shape index (κ2) is 6.61. The van der Waals surface area contributed by atoms with E-state index in [1.54, 1.807) is 0 Å². The van der Waals surface area contributed by atoms with Crippen LogP contribution in [0.4, 0.5) is 0 Å². The highest BCUT2D eigenvalue weighted by molar-refractivity contribution is 6.31. The van der Waals surface area contributed by atoms with Crippen molar-refractivity contribution in [1.29, 1.82) is 0 Å². The van der Waals surface area contributed by atoms with Gasteiger partial charge in [0.1, 0.15) is 0 Å². The van der Waals surface area contributed by atoms with Gasteiger partial charge in [0.15, 0.2) is 0 Å². The first kappa shape index (κ1) is 14.0. The first-order chi connectivity index (χ1) is 8.06. The molecule has 96 valence electrons. The van der Waals surface area contributed by atoms with Gasteiger partial charge in [0.25, 0.3) is 0 Å². The standard InChI is InChI=1S/C11H19ClN4O/c1-3-16-9(11(12)8(2)15-16)7-14-6-4-5-10(13)17/h14H,3-7H2,1-2H3,(H2,13,17). The van der Waals surface area contributed by atoms with Crippen LogP contribution in [-0.4, -0.2) is 22.2 Å². The fourth-order valence-electron chi connectivity index (χ4n) is 1.63. The van der Waals surface area contributed by atoms with E-state index in [-0.39, 0.29) is 5.91 Å². The van der Waals surface area contributed by atoms with Crippen LogP contribution in [0.5, 0.6) is 0 Å². The predicted molar refractivity (Wildman–Crippen MR) is 67.8 cm³/mol. The first-order valence-corrected chi connectivity index (χ1v) is 6.14. The van der Waals surface area contributed by atoms with E-state index in [0.717, 1.165) is 30.9 Å². The second-order valence-corrected chi connectivity index (χ2v) is 4.29. The lowest BCUT2D eigenvalue weighted by Gasteiger charge is -2.06. The fraction of sp³-hybridized carbons (Fsp3) is 0.636. The largest absolute Gasteiger partial charge is 0.370 e. The van der Waals surface area contributed by atoms with Gasteiger partial charge in [-0.2, -0.15) is 5.10 Å². The lowest BCUT2D eigenvalue weighted by Crippen LogP contribution is -2.20. The van der Waals surface area contributed by atoms with Crippen LogP contribution in [0.15, 0.2) is 0 Å². The number of carbonyl (C=O) groups is 1. The summed E-state index contributed by atoms with van der Waals surface area (Å²) in [5.74, 6) is -0.265. The Balaban J connectivity index is 2.43. The third kappa shape index (κ3) is 4.02. The highest BCUT2D eigenvalue weighted by Crippen LogP contribution is 2.19. The molecule has 1 aromatic heterocycles. The zero-order valence-corrected chi connectivity index (χ0v) is 11.0. The number of nitrogens with two attached hydrogens (primary N) is 1. The minimum Gasteiger partial charge on any atom is -0.370 e. The molecule has 1 aromatic rings. The Labute approximate surface area is 106 Å². The number of hydrogen-bond donors (Lipinski definition) is 2. The van der Waals surface area contributed by atoms with Crippen LogP contribution in [0, 0.1) is 6.92 Å². The number of rotatable bonds is 7. The summed E-state index contributed by atoms with van der Waals surface area (Å²) in [5.41, 5.74) is 6.90. The molecule has 0 aliphatic rings. The number of aromatic nitrogens is 2. The molecule has 3 N–H and O–H groups in total. The molecular formula is C11H19ClN4O. The van der Waals surface area contributed by atoms with E-state index in [1.807, 2.05) is 18.5 Å². The Morgan fingerprint density at radius 3 is 2.88 bits per heavy atom. The molecule has 1 heterocycles. The molecule has 0 bridgehead atoms. The SMILES string of the molecule is CCn1nc(C)c(Cl)c1CNCCCC(N)=O. The van der Waals surface area contributed by atoms with Gasteiger partial charge in [-0.25, -0.2) is 0 Å². The van der Waals surface area contributed by atoms with E-state index in [2.05, 4.69) is 10.4 Å². The smallest absolute Gasteiger partial charge is 0.217 e. The Bertz CT molecular complexity index is 389. The average molecular weight is 259 g/mol. The van der Waals surface area contributed by atoms with Crippen LogP contribution in [0.1, 0.15) is 31.2 Å². The fourth-order valence-corrected chi connectivity index (χ4v) is 1.83. The van der Waals surface area contributed by atoms with Gasteiger partial charge in [-0.15, -0.1) is 0 Å². The number of hydrogen-bond acceptors (Lipinski definition) is 3. The van der Waals surface area contributed by atoms with Gasteiger partial charge in [0.2, 0.25) is 5.91 Å². The highest BCUT2D eigenvalue weighted by Gasteiger charge is 2.11. The summed E-state index contributed by atoms with van der Waals surface area (Å²) >= 11 is 6.16. The van der Waals surface area contributed by atoms with Crippen molar-refractivity contribution in [2.24, 2.45) is 5.73 Å². The third-order valence-corrected chi connectivity index (χ3v) is 3.01. The van der Waals surface area contributed by atoms with Gasteiger partial charge >= 0.3 is 0 Å². The topological polar surface area (TPSA) is 72.9 Å². The molecule has 5 nitrogen and oxygen atoms in total. The van der Waals surface area contributed by atoms with Crippen LogP contribution < -0.4 is 11.1 Å². The van der Waals surface area contributed by atoms with Crippen LogP contribution in [0.3, 0.4) is 0 Å². The first-order valence-electron chi connectivity index (χ1n) is 5.77. The maximum absolute atomic E-state index is 10.5. The van der Waals surface area contributed by atoms with Crippen molar-refractivity contribution in [2.75, 3.05) is 6.54 Å². The molecule has 1 amide bonds. The number of nitrogens with one attached hydrogen (secondary N) is 1. The van der Waals surface area contributed by atoms with Crippen molar-refractivity contribution in [2.45, 2.75) is 39.8 Å².